The zero-order chi connectivity index (χ0) is 16.9. The van der Waals surface area contributed by atoms with Gasteiger partial charge < -0.3 is 24.1 Å². The molecule has 2 amide bonds. The van der Waals surface area contributed by atoms with Gasteiger partial charge in [0.15, 0.2) is 11.5 Å². The number of nitrogens with one attached hydrogen (secondary N) is 1. The highest BCUT2D eigenvalue weighted by atomic mass is 16.5. The summed E-state index contributed by atoms with van der Waals surface area (Å²) in [6.07, 6.45) is 5.16. The minimum atomic E-state index is -0.0616. The molecule has 0 aliphatic carbocycles. The third kappa shape index (κ3) is 3.32. The molecule has 0 spiro atoms. The summed E-state index contributed by atoms with van der Waals surface area (Å²) in [5.41, 5.74) is 2.01. The summed E-state index contributed by atoms with van der Waals surface area (Å²) in [6.45, 7) is 1.21. The van der Waals surface area contributed by atoms with E-state index in [0.717, 1.165) is 30.5 Å². The average molecular weight is 330 g/mol. The van der Waals surface area contributed by atoms with Gasteiger partial charge in [0.25, 0.3) is 0 Å². The van der Waals surface area contributed by atoms with E-state index in [-0.39, 0.29) is 12.1 Å². The SMILES string of the molecule is COc1ccc(C2CCCN2C(=O)NCc2ccoc2)cc1OC. The van der Waals surface area contributed by atoms with Crippen molar-refractivity contribution >= 4 is 6.03 Å². The third-order valence-corrected chi connectivity index (χ3v) is 4.33. The number of ether oxygens (including phenoxy) is 2. The molecule has 128 valence electrons. The van der Waals surface area contributed by atoms with E-state index >= 15 is 0 Å². The van der Waals surface area contributed by atoms with Gasteiger partial charge in [-0.25, -0.2) is 4.79 Å². The molecule has 1 aromatic heterocycles. The number of benzene rings is 1. The van der Waals surface area contributed by atoms with Crippen molar-refractivity contribution in [1.29, 1.82) is 0 Å². The van der Waals surface area contributed by atoms with Gasteiger partial charge in [0, 0.05) is 18.7 Å². The molecule has 2 heterocycles. The van der Waals surface area contributed by atoms with Crippen LogP contribution in [0.15, 0.2) is 41.2 Å². The topological polar surface area (TPSA) is 63.9 Å². The van der Waals surface area contributed by atoms with E-state index in [1.54, 1.807) is 26.7 Å². The van der Waals surface area contributed by atoms with Gasteiger partial charge >= 0.3 is 6.03 Å². The van der Waals surface area contributed by atoms with E-state index in [9.17, 15) is 4.79 Å². The molecular weight excluding hydrogens is 308 g/mol. The number of amides is 2. The Bertz CT molecular complexity index is 684. The van der Waals surface area contributed by atoms with E-state index in [2.05, 4.69) is 5.32 Å². The predicted molar refractivity (Wildman–Crippen MR) is 89.2 cm³/mol. The number of carbonyl (C=O) groups is 1. The lowest BCUT2D eigenvalue weighted by atomic mass is 10.0. The number of furan rings is 1. The van der Waals surface area contributed by atoms with Gasteiger partial charge in [-0.05, 0) is 36.6 Å². The molecule has 1 saturated heterocycles. The number of methoxy groups -OCH3 is 2. The standard InChI is InChI=1S/C18H22N2O4/c1-22-16-6-5-14(10-17(16)23-2)15-4-3-8-20(15)18(21)19-11-13-7-9-24-12-13/h5-7,9-10,12,15H,3-4,8,11H2,1-2H3,(H,19,21). The fraction of sp³-hybridized carbons (Fsp3) is 0.389. The number of hydrogen-bond acceptors (Lipinski definition) is 4. The van der Waals surface area contributed by atoms with E-state index < -0.39 is 0 Å². The highest BCUT2D eigenvalue weighted by molar-refractivity contribution is 5.75. The van der Waals surface area contributed by atoms with Crippen molar-refractivity contribution in [1.82, 2.24) is 10.2 Å². The van der Waals surface area contributed by atoms with Gasteiger partial charge in [0.2, 0.25) is 0 Å². The van der Waals surface area contributed by atoms with Crippen LogP contribution in [0.25, 0.3) is 0 Å². The zero-order valence-corrected chi connectivity index (χ0v) is 14.0. The van der Waals surface area contributed by atoms with Gasteiger partial charge in [0.05, 0.1) is 32.8 Å². The first-order chi connectivity index (χ1) is 11.7. The first-order valence-corrected chi connectivity index (χ1v) is 8.00. The predicted octanol–water partition coefficient (Wildman–Crippen LogP) is 3.34. The van der Waals surface area contributed by atoms with E-state index in [1.165, 1.54) is 0 Å². The number of carbonyl (C=O) groups excluding carboxylic acids is 1. The fourth-order valence-electron chi connectivity index (χ4n) is 3.09. The Morgan fingerprint density at radius 3 is 2.83 bits per heavy atom. The van der Waals surface area contributed by atoms with Crippen LogP contribution in [0, 0.1) is 0 Å². The maximum absolute atomic E-state index is 12.5. The summed E-state index contributed by atoms with van der Waals surface area (Å²) in [7, 11) is 3.23. The normalized spacial score (nSPS) is 16.9. The minimum absolute atomic E-state index is 0.0501. The molecule has 2 aromatic rings. The number of hydrogen-bond donors (Lipinski definition) is 1. The molecule has 3 rings (SSSR count). The second kappa shape index (κ2) is 7.29. The number of likely N-dealkylation sites (tertiary alicyclic amines) is 1. The Labute approximate surface area is 141 Å². The third-order valence-electron chi connectivity index (χ3n) is 4.33. The molecule has 6 nitrogen and oxygen atoms in total. The Hall–Kier alpha value is -2.63. The van der Waals surface area contributed by atoms with Gasteiger partial charge in [-0.1, -0.05) is 6.07 Å². The largest absolute Gasteiger partial charge is 0.493 e. The monoisotopic (exact) mass is 330 g/mol. The lowest BCUT2D eigenvalue weighted by Gasteiger charge is -2.26. The molecule has 1 atom stereocenters. The second-order valence-corrected chi connectivity index (χ2v) is 5.76. The number of urea groups is 1. The molecule has 1 unspecified atom stereocenters. The minimum Gasteiger partial charge on any atom is -0.493 e. The summed E-state index contributed by atoms with van der Waals surface area (Å²) >= 11 is 0. The van der Waals surface area contributed by atoms with Crippen molar-refractivity contribution in [3.05, 3.63) is 47.9 Å². The molecule has 0 radical (unpaired) electrons. The highest BCUT2D eigenvalue weighted by Crippen LogP contribution is 2.36. The van der Waals surface area contributed by atoms with Crippen LogP contribution in [0.2, 0.25) is 0 Å². The van der Waals surface area contributed by atoms with Crippen LogP contribution in [0.4, 0.5) is 4.79 Å². The van der Waals surface area contributed by atoms with Crippen molar-refractivity contribution in [3.63, 3.8) is 0 Å². The molecule has 1 N–H and O–H groups in total. The van der Waals surface area contributed by atoms with Gasteiger partial charge in [0.1, 0.15) is 0 Å². The van der Waals surface area contributed by atoms with Crippen LogP contribution >= 0.6 is 0 Å². The first-order valence-electron chi connectivity index (χ1n) is 8.00. The Morgan fingerprint density at radius 2 is 2.12 bits per heavy atom. The number of nitrogens with zero attached hydrogens (tertiary/aromatic N) is 1. The maximum atomic E-state index is 12.5. The van der Waals surface area contributed by atoms with Crippen molar-refractivity contribution in [2.24, 2.45) is 0 Å². The summed E-state index contributed by atoms with van der Waals surface area (Å²) < 4.78 is 15.7. The summed E-state index contributed by atoms with van der Waals surface area (Å²) in [4.78, 5) is 14.4. The van der Waals surface area contributed by atoms with Gasteiger partial charge in [-0.15, -0.1) is 0 Å². The van der Waals surface area contributed by atoms with Crippen molar-refractivity contribution in [2.45, 2.75) is 25.4 Å². The fourth-order valence-corrected chi connectivity index (χ4v) is 3.09. The molecular formula is C18H22N2O4. The molecule has 1 aliphatic heterocycles. The Kier molecular flexibility index (Phi) is 4.93. The van der Waals surface area contributed by atoms with Crippen LogP contribution < -0.4 is 14.8 Å². The van der Waals surface area contributed by atoms with Gasteiger partial charge in [-0.3, -0.25) is 0 Å². The molecule has 1 aliphatic rings. The van der Waals surface area contributed by atoms with Crippen LogP contribution in [0.1, 0.15) is 30.0 Å². The quantitative estimate of drug-likeness (QED) is 0.913. The Balaban J connectivity index is 1.71. The first kappa shape index (κ1) is 16.2. The molecule has 6 heteroatoms. The highest BCUT2D eigenvalue weighted by Gasteiger charge is 2.30. The molecule has 24 heavy (non-hydrogen) atoms. The van der Waals surface area contributed by atoms with Crippen LogP contribution in [-0.4, -0.2) is 31.7 Å². The van der Waals surface area contributed by atoms with Crippen LogP contribution in [-0.2, 0) is 6.54 Å². The lowest BCUT2D eigenvalue weighted by molar-refractivity contribution is 0.192. The Morgan fingerprint density at radius 1 is 1.29 bits per heavy atom. The van der Waals surface area contributed by atoms with E-state index in [4.69, 9.17) is 13.9 Å². The van der Waals surface area contributed by atoms with Crippen molar-refractivity contribution in [2.75, 3.05) is 20.8 Å². The molecule has 0 bridgehead atoms. The second-order valence-electron chi connectivity index (χ2n) is 5.76. The van der Waals surface area contributed by atoms with Crippen molar-refractivity contribution < 1.29 is 18.7 Å². The summed E-state index contributed by atoms with van der Waals surface area (Å²) in [6, 6.07) is 7.66. The summed E-state index contributed by atoms with van der Waals surface area (Å²) in [5, 5.41) is 2.95. The zero-order valence-electron chi connectivity index (χ0n) is 14.0. The maximum Gasteiger partial charge on any atom is 0.318 e. The molecule has 1 fully saturated rings. The average Bonchev–Trinajstić information content (AvgIpc) is 3.30. The molecule has 0 saturated carbocycles. The van der Waals surface area contributed by atoms with Crippen LogP contribution in [0.3, 0.4) is 0 Å². The smallest absolute Gasteiger partial charge is 0.318 e. The van der Waals surface area contributed by atoms with E-state index in [0.29, 0.717) is 18.0 Å². The number of rotatable bonds is 5. The van der Waals surface area contributed by atoms with E-state index in [1.807, 2.05) is 29.2 Å². The van der Waals surface area contributed by atoms with Crippen LogP contribution in [0.5, 0.6) is 11.5 Å². The lowest BCUT2D eigenvalue weighted by Crippen LogP contribution is -2.39. The van der Waals surface area contributed by atoms with Crippen molar-refractivity contribution in [3.8, 4) is 11.5 Å². The molecule has 1 aromatic carbocycles. The van der Waals surface area contributed by atoms with Gasteiger partial charge in [-0.2, -0.15) is 0 Å². The summed E-state index contributed by atoms with van der Waals surface area (Å²) in [5.74, 6) is 1.37.